The second-order valence-electron chi connectivity index (χ2n) is 4.65. The van der Waals surface area contributed by atoms with Crippen LogP contribution in [0.25, 0.3) is 0 Å². The van der Waals surface area contributed by atoms with E-state index >= 15 is 0 Å². The van der Waals surface area contributed by atoms with Gasteiger partial charge in [0.25, 0.3) is 0 Å². The number of fused-ring (bicyclic) bond motifs is 1. The summed E-state index contributed by atoms with van der Waals surface area (Å²) >= 11 is 6.97. The zero-order chi connectivity index (χ0) is 14.8. The first-order chi connectivity index (χ1) is 10.2. The number of hydrogen-bond acceptors (Lipinski definition) is 4. The molecule has 1 aromatic heterocycles. The normalized spacial score (nSPS) is 15.0. The van der Waals surface area contributed by atoms with Crippen molar-refractivity contribution in [3.8, 4) is 11.5 Å². The highest BCUT2D eigenvalue weighted by atomic mass is 79.9. The van der Waals surface area contributed by atoms with Gasteiger partial charge in [0, 0.05) is 4.47 Å². The Kier molecular flexibility index (Phi) is 4.57. The standard InChI is InChI=1S/C15H15Br2NO3/c1-2-18-15(11-3-4-14(17)21-11)9-7-12-13(8-10(9)16)20-6-5-19-12/h3-4,7-8,15,18H,2,5-6H2,1H3. The van der Waals surface area contributed by atoms with E-state index < -0.39 is 0 Å². The number of ether oxygens (including phenoxy) is 2. The molecule has 0 bridgehead atoms. The maximum Gasteiger partial charge on any atom is 0.169 e. The van der Waals surface area contributed by atoms with Gasteiger partial charge in [-0.05, 0) is 52.3 Å². The van der Waals surface area contributed by atoms with Gasteiger partial charge in [0.2, 0.25) is 0 Å². The molecule has 1 aliphatic heterocycles. The Hall–Kier alpha value is -0.980. The predicted octanol–water partition coefficient (Wildman–Crippen LogP) is 4.27. The van der Waals surface area contributed by atoms with Gasteiger partial charge in [-0.3, -0.25) is 0 Å². The second-order valence-corrected chi connectivity index (χ2v) is 6.29. The van der Waals surface area contributed by atoms with E-state index in [-0.39, 0.29) is 6.04 Å². The van der Waals surface area contributed by atoms with Crippen molar-refractivity contribution in [3.63, 3.8) is 0 Å². The average molecular weight is 417 g/mol. The smallest absolute Gasteiger partial charge is 0.169 e. The first-order valence-corrected chi connectivity index (χ1v) is 8.35. The Morgan fingerprint density at radius 3 is 2.48 bits per heavy atom. The molecule has 2 heterocycles. The van der Waals surface area contributed by atoms with Gasteiger partial charge in [0.05, 0.1) is 6.04 Å². The molecule has 6 heteroatoms. The third kappa shape index (κ3) is 3.12. The lowest BCUT2D eigenvalue weighted by Gasteiger charge is -2.23. The van der Waals surface area contributed by atoms with Crippen LogP contribution in [-0.2, 0) is 0 Å². The van der Waals surface area contributed by atoms with Crippen LogP contribution < -0.4 is 14.8 Å². The van der Waals surface area contributed by atoms with Crippen LogP contribution in [0.2, 0.25) is 0 Å². The van der Waals surface area contributed by atoms with E-state index in [1.54, 1.807) is 0 Å². The molecule has 1 N–H and O–H groups in total. The molecule has 112 valence electrons. The van der Waals surface area contributed by atoms with Crippen LogP contribution in [0.1, 0.15) is 24.3 Å². The molecular formula is C15H15Br2NO3. The van der Waals surface area contributed by atoms with E-state index in [1.807, 2.05) is 24.3 Å². The minimum atomic E-state index is -0.0495. The van der Waals surface area contributed by atoms with Gasteiger partial charge in [-0.15, -0.1) is 0 Å². The fraction of sp³-hybridized carbons (Fsp3) is 0.333. The largest absolute Gasteiger partial charge is 0.486 e. The van der Waals surface area contributed by atoms with E-state index in [0.717, 1.165) is 33.8 Å². The van der Waals surface area contributed by atoms with Crippen molar-refractivity contribution in [1.29, 1.82) is 0 Å². The lowest BCUT2D eigenvalue weighted by atomic mass is 10.0. The molecule has 1 aliphatic rings. The van der Waals surface area contributed by atoms with Crippen LogP contribution in [-0.4, -0.2) is 19.8 Å². The highest BCUT2D eigenvalue weighted by molar-refractivity contribution is 9.10. The highest BCUT2D eigenvalue weighted by Crippen LogP contribution is 2.39. The highest BCUT2D eigenvalue weighted by Gasteiger charge is 2.23. The van der Waals surface area contributed by atoms with Crippen LogP contribution in [0.3, 0.4) is 0 Å². The SMILES string of the molecule is CCNC(c1ccc(Br)o1)c1cc2c(cc1Br)OCCO2. The van der Waals surface area contributed by atoms with E-state index in [4.69, 9.17) is 13.9 Å². The van der Waals surface area contributed by atoms with Crippen LogP contribution >= 0.6 is 31.9 Å². The van der Waals surface area contributed by atoms with Crippen LogP contribution in [0, 0.1) is 0 Å². The molecule has 1 atom stereocenters. The first-order valence-electron chi connectivity index (χ1n) is 6.76. The second kappa shape index (κ2) is 6.42. The van der Waals surface area contributed by atoms with Crippen molar-refractivity contribution in [2.45, 2.75) is 13.0 Å². The number of nitrogens with one attached hydrogen (secondary N) is 1. The Morgan fingerprint density at radius 1 is 1.14 bits per heavy atom. The monoisotopic (exact) mass is 415 g/mol. The van der Waals surface area contributed by atoms with E-state index in [9.17, 15) is 0 Å². The summed E-state index contributed by atoms with van der Waals surface area (Å²) in [7, 11) is 0. The van der Waals surface area contributed by atoms with Gasteiger partial charge < -0.3 is 19.2 Å². The first kappa shape index (κ1) is 14.9. The predicted molar refractivity (Wildman–Crippen MR) is 87.1 cm³/mol. The van der Waals surface area contributed by atoms with Crippen molar-refractivity contribution in [1.82, 2.24) is 5.32 Å². The van der Waals surface area contributed by atoms with Crippen molar-refractivity contribution < 1.29 is 13.9 Å². The number of furan rings is 1. The Labute approximate surface area is 140 Å². The van der Waals surface area contributed by atoms with Crippen molar-refractivity contribution in [3.05, 3.63) is 44.7 Å². The van der Waals surface area contributed by atoms with Crippen LogP contribution in [0.5, 0.6) is 11.5 Å². The van der Waals surface area contributed by atoms with Crippen molar-refractivity contribution in [2.75, 3.05) is 19.8 Å². The molecule has 0 saturated heterocycles. The van der Waals surface area contributed by atoms with Gasteiger partial charge >= 0.3 is 0 Å². The number of halogens is 2. The summed E-state index contributed by atoms with van der Waals surface area (Å²) in [5.74, 6) is 2.39. The lowest BCUT2D eigenvalue weighted by molar-refractivity contribution is 0.171. The van der Waals surface area contributed by atoms with Crippen molar-refractivity contribution >= 4 is 31.9 Å². The van der Waals surface area contributed by atoms with E-state index in [1.165, 1.54) is 0 Å². The van der Waals surface area contributed by atoms with Gasteiger partial charge in [0.15, 0.2) is 16.2 Å². The molecule has 0 amide bonds. The molecule has 4 nitrogen and oxygen atoms in total. The fourth-order valence-corrected chi connectivity index (χ4v) is 3.22. The van der Waals surface area contributed by atoms with E-state index in [2.05, 4.69) is 44.1 Å². The maximum absolute atomic E-state index is 5.71. The molecular weight excluding hydrogens is 402 g/mol. The molecule has 2 aromatic rings. The molecule has 1 aromatic carbocycles. The van der Waals surface area contributed by atoms with Gasteiger partial charge in [-0.1, -0.05) is 22.9 Å². The summed E-state index contributed by atoms with van der Waals surface area (Å²) in [6.07, 6.45) is 0. The summed E-state index contributed by atoms with van der Waals surface area (Å²) in [5, 5.41) is 3.44. The third-order valence-electron chi connectivity index (χ3n) is 3.26. The number of rotatable bonds is 4. The van der Waals surface area contributed by atoms with Crippen molar-refractivity contribution in [2.24, 2.45) is 0 Å². The Balaban J connectivity index is 2.02. The maximum atomic E-state index is 5.71. The fourth-order valence-electron chi connectivity index (χ4n) is 2.35. The van der Waals surface area contributed by atoms with Gasteiger partial charge in [0.1, 0.15) is 19.0 Å². The summed E-state index contributed by atoms with van der Waals surface area (Å²) in [5.41, 5.74) is 1.06. The Morgan fingerprint density at radius 2 is 1.86 bits per heavy atom. The molecule has 0 fully saturated rings. The summed E-state index contributed by atoms with van der Waals surface area (Å²) in [6, 6.07) is 7.76. The zero-order valence-corrected chi connectivity index (χ0v) is 14.7. The minimum absolute atomic E-state index is 0.0495. The topological polar surface area (TPSA) is 43.6 Å². The van der Waals surface area contributed by atoms with Gasteiger partial charge in [-0.2, -0.15) is 0 Å². The molecule has 0 saturated carbocycles. The zero-order valence-electron chi connectivity index (χ0n) is 11.5. The quantitative estimate of drug-likeness (QED) is 0.807. The van der Waals surface area contributed by atoms with Gasteiger partial charge in [-0.25, -0.2) is 0 Å². The van der Waals surface area contributed by atoms with Crippen LogP contribution in [0.4, 0.5) is 0 Å². The minimum Gasteiger partial charge on any atom is -0.486 e. The summed E-state index contributed by atoms with van der Waals surface area (Å²) in [6.45, 7) is 4.05. The summed E-state index contributed by atoms with van der Waals surface area (Å²) < 4.78 is 18.7. The Bertz CT molecular complexity index is 642. The third-order valence-corrected chi connectivity index (χ3v) is 4.37. The average Bonchev–Trinajstić information content (AvgIpc) is 2.91. The molecule has 0 aliphatic carbocycles. The molecule has 1 unspecified atom stereocenters. The molecule has 0 spiro atoms. The van der Waals surface area contributed by atoms with Crippen LogP contribution in [0.15, 0.2) is 37.8 Å². The number of hydrogen-bond donors (Lipinski definition) is 1. The molecule has 21 heavy (non-hydrogen) atoms. The molecule has 0 radical (unpaired) electrons. The number of benzene rings is 1. The molecule has 3 rings (SSSR count). The lowest BCUT2D eigenvalue weighted by Crippen LogP contribution is -2.23. The summed E-state index contributed by atoms with van der Waals surface area (Å²) in [4.78, 5) is 0. The van der Waals surface area contributed by atoms with E-state index in [0.29, 0.717) is 17.9 Å².